The molecule has 2 aromatic rings. The van der Waals surface area contributed by atoms with E-state index in [1.54, 1.807) is 24.3 Å². The Morgan fingerprint density at radius 1 is 0.842 bits per heavy atom. The number of anilines is 2. The molecule has 11 heteroatoms. The first-order valence-corrected chi connectivity index (χ1v) is 12.9. The molecular formula is C27H46Cl2FN4NaO3. The number of alkyl halides is 2. The summed E-state index contributed by atoms with van der Waals surface area (Å²) in [7, 11) is -1.00. The quantitative estimate of drug-likeness (QED) is 0.206. The van der Waals surface area contributed by atoms with Crippen molar-refractivity contribution in [2.24, 2.45) is 0 Å². The number of phenols is 1. The number of ether oxygens (including phenoxy) is 1. The molecular weight excluding hydrogens is 541 g/mol. The van der Waals surface area contributed by atoms with Crippen LogP contribution < -0.4 is 45.8 Å². The zero-order valence-electron chi connectivity index (χ0n) is 23.7. The summed E-state index contributed by atoms with van der Waals surface area (Å²) in [5.41, 5.74) is 12.4. The standard InChI is InChI=1S/C13H20N2O.C7H14ClN.C6H7NO.CH3F.ClH.Na.H2O/c14-12-4-6-13(7-5-12)16-11-10-15-8-2-1-3-9-15;8-4-7-9-5-2-1-3-6-9;7-5-1-3-6(8)4-2-5;1-2;;;/h4-7H,1-3,8-11,14H2;1-7H2;1-4,8H,7H2;1H3;1H;;1H2/q;;;;;+1;/p-1/i;;;1D;;;. The third kappa shape index (κ3) is 20.9. The zero-order valence-corrected chi connectivity index (χ0v) is 26.3. The van der Waals surface area contributed by atoms with Crippen molar-refractivity contribution in [3.05, 3.63) is 48.5 Å². The van der Waals surface area contributed by atoms with Crippen LogP contribution in [0.5, 0.6) is 11.5 Å². The largest absolute Gasteiger partial charge is 1.00 e. The van der Waals surface area contributed by atoms with E-state index in [9.17, 15) is 4.39 Å². The molecule has 0 unspecified atom stereocenters. The first-order chi connectivity index (χ1) is 17.5. The minimum Gasteiger partial charge on any atom is -0.870 e. The van der Waals surface area contributed by atoms with E-state index < -0.39 is 7.15 Å². The van der Waals surface area contributed by atoms with E-state index in [-0.39, 0.29) is 53.2 Å². The van der Waals surface area contributed by atoms with Crippen molar-refractivity contribution in [3.63, 3.8) is 0 Å². The minimum absolute atomic E-state index is 0. The van der Waals surface area contributed by atoms with Crippen LogP contribution >= 0.6 is 24.0 Å². The number of halogens is 3. The second-order valence-electron chi connectivity index (χ2n) is 8.50. The number of phenolic OH excluding ortho intramolecular Hbond substituents is 1. The number of rotatable bonds is 6. The van der Waals surface area contributed by atoms with Crippen molar-refractivity contribution in [2.45, 2.75) is 38.5 Å². The molecule has 214 valence electrons. The van der Waals surface area contributed by atoms with Crippen LogP contribution in [0.25, 0.3) is 0 Å². The van der Waals surface area contributed by atoms with Crippen LogP contribution in [0.3, 0.4) is 0 Å². The van der Waals surface area contributed by atoms with E-state index in [1.165, 1.54) is 64.7 Å². The van der Waals surface area contributed by atoms with Gasteiger partial charge in [0, 0.05) is 30.3 Å². The molecule has 6 N–H and O–H groups in total. The predicted molar refractivity (Wildman–Crippen MR) is 156 cm³/mol. The van der Waals surface area contributed by atoms with Gasteiger partial charge < -0.3 is 31.7 Å². The molecule has 0 aliphatic carbocycles. The second kappa shape index (κ2) is 27.6. The van der Waals surface area contributed by atoms with Crippen LogP contribution in [-0.2, 0) is 0 Å². The van der Waals surface area contributed by atoms with Gasteiger partial charge in [0.15, 0.2) is 0 Å². The average Bonchev–Trinajstić information content (AvgIpc) is 2.90. The number of aromatic hydroxyl groups is 1. The summed E-state index contributed by atoms with van der Waals surface area (Å²) in [5, 5.41) is 8.70. The first-order valence-electron chi connectivity index (χ1n) is 13.1. The van der Waals surface area contributed by atoms with Crippen molar-refractivity contribution in [1.82, 2.24) is 9.80 Å². The van der Waals surface area contributed by atoms with Gasteiger partial charge in [-0.25, -0.2) is 0 Å². The Morgan fingerprint density at radius 3 is 1.63 bits per heavy atom. The summed E-state index contributed by atoms with van der Waals surface area (Å²) in [4.78, 5) is 4.91. The van der Waals surface area contributed by atoms with Crippen LogP contribution in [0, 0.1) is 0 Å². The normalized spacial score (nSPS) is 14.9. The summed E-state index contributed by atoms with van der Waals surface area (Å²) >= 11 is 5.59. The summed E-state index contributed by atoms with van der Waals surface area (Å²) < 4.78 is 21.2. The summed E-state index contributed by atoms with van der Waals surface area (Å²) in [6.45, 7) is 7.88. The van der Waals surface area contributed by atoms with Crippen molar-refractivity contribution in [2.75, 3.05) is 70.4 Å². The summed E-state index contributed by atoms with van der Waals surface area (Å²) in [6.07, 6.45) is 8.21. The van der Waals surface area contributed by atoms with Crippen molar-refractivity contribution in [3.8, 4) is 11.5 Å². The Hall–Kier alpha value is -0.970. The third-order valence-electron chi connectivity index (χ3n) is 5.75. The van der Waals surface area contributed by atoms with Gasteiger partial charge in [-0.05, 0) is 100 Å². The number of hydrogen-bond donors (Lipinski definition) is 3. The number of nitrogens with zero attached hydrogens (tertiary/aromatic N) is 2. The first kappa shape index (κ1) is 39.2. The summed E-state index contributed by atoms with van der Waals surface area (Å²) in [6, 6.07) is 14.0. The molecule has 2 fully saturated rings. The maximum absolute atomic E-state index is 9.96. The minimum atomic E-state index is -1.00. The van der Waals surface area contributed by atoms with E-state index >= 15 is 0 Å². The Morgan fingerprint density at radius 2 is 1.24 bits per heavy atom. The van der Waals surface area contributed by atoms with Crippen molar-refractivity contribution >= 4 is 35.4 Å². The molecule has 0 atom stereocenters. The third-order valence-corrected chi connectivity index (χ3v) is 5.92. The fourth-order valence-electron chi connectivity index (χ4n) is 3.82. The summed E-state index contributed by atoms with van der Waals surface area (Å²) in [5.74, 6) is 1.95. The van der Waals surface area contributed by atoms with E-state index in [2.05, 4.69) is 9.80 Å². The van der Waals surface area contributed by atoms with Crippen LogP contribution in [0.2, 0.25) is 0 Å². The van der Waals surface area contributed by atoms with Crippen LogP contribution in [0.15, 0.2) is 48.5 Å². The van der Waals surface area contributed by atoms with Gasteiger partial charge in [0.05, 0.1) is 8.52 Å². The van der Waals surface area contributed by atoms with Crippen LogP contribution in [0.4, 0.5) is 15.8 Å². The van der Waals surface area contributed by atoms with Crippen LogP contribution in [0.1, 0.15) is 39.9 Å². The molecule has 0 radical (unpaired) electrons. The molecule has 0 aromatic heterocycles. The molecule has 38 heavy (non-hydrogen) atoms. The van der Waals surface area contributed by atoms with E-state index in [0.29, 0.717) is 5.69 Å². The topological polar surface area (TPSA) is 118 Å². The SMILES string of the molecule is Cl.ClCCN1CCCCC1.Nc1ccc(O)cc1.Nc1ccc(OCCN2CCCCC2)cc1.[2H]CF.[Na+].[OH-]. The fraction of sp³-hybridized carbons (Fsp3) is 0.556. The van der Waals surface area contributed by atoms with E-state index in [4.69, 9.17) is 34.3 Å². The molecule has 0 amide bonds. The molecule has 2 aliphatic heterocycles. The number of nitrogen functional groups attached to an aromatic ring is 2. The van der Waals surface area contributed by atoms with Crippen molar-refractivity contribution < 1.29 is 50.6 Å². The molecule has 0 saturated carbocycles. The Bertz CT molecular complexity index is 751. The number of piperidine rings is 2. The Labute approximate surface area is 263 Å². The van der Waals surface area contributed by atoms with Gasteiger partial charge in [-0.2, -0.15) is 0 Å². The molecule has 0 bridgehead atoms. The van der Waals surface area contributed by atoms with Gasteiger partial charge in [0.2, 0.25) is 0 Å². The van der Waals surface area contributed by atoms with Gasteiger partial charge in [-0.3, -0.25) is 9.29 Å². The van der Waals surface area contributed by atoms with Crippen LogP contribution in [-0.4, -0.2) is 79.3 Å². The maximum Gasteiger partial charge on any atom is 1.00 e. The zero-order chi connectivity index (χ0) is 26.4. The molecule has 4 rings (SSSR count). The molecule has 2 aliphatic rings. The average molecular weight is 589 g/mol. The van der Waals surface area contributed by atoms with Gasteiger partial charge >= 0.3 is 29.6 Å². The Balaban J connectivity index is -0.000000487. The molecule has 7 nitrogen and oxygen atoms in total. The van der Waals surface area contributed by atoms with E-state index in [1.807, 2.05) is 24.3 Å². The number of nitrogens with two attached hydrogens (primary N) is 2. The molecule has 2 saturated heterocycles. The van der Waals surface area contributed by atoms with E-state index in [0.717, 1.165) is 37.0 Å². The number of benzene rings is 2. The monoisotopic (exact) mass is 587 g/mol. The van der Waals surface area contributed by atoms with Gasteiger partial charge in [-0.15, -0.1) is 24.0 Å². The fourth-order valence-corrected chi connectivity index (χ4v) is 4.06. The molecule has 2 heterocycles. The second-order valence-corrected chi connectivity index (χ2v) is 8.88. The van der Waals surface area contributed by atoms with Crippen molar-refractivity contribution in [1.29, 1.82) is 0 Å². The van der Waals surface area contributed by atoms with Gasteiger partial charge in [-0.1, -0.05) is 12.8 Å². The smallest absolute Gasteiger partial charge is 0.870 e. The Kier molecular flexibility index (Phi) is 28.4. The number of hydrogen-bond acceptors (Lipinski definition) is 7. The molecule has 2 aromatic carbocycles. The maximum atomic E-state index is 9.96. The number of likely N-dealkylation sites (tertiary alicyclic amines) is 2. The van der Waals surface area contributed by atoms with Gasteiger partial charge in [0.1, 0.15) is 18.1 Å². The predicted octanol–water partition coefficient (Wildman–Crippen LogP) is 2.65. The molecule has 0 spiro atoms. The van der Waals surface area contributed by atoms with Gasteiger partial charge in [0.25, 0.3) is 0 Å².